The zero-order valence-electron chi connectivity index (χ0n) is 13.0. The molecule has 1 aliphatic carbocycles. The van der Waals surface area contributed by atoms with E-state index in [4.69, 9.17) is 5.73 Å². The lowest BCUT2D eigenvalue weighted by Gasteiger charge is -2.19. The Balaban J connectivity index is 0.00000192. The molecule has 5 heteroatoms. The molecule has 1 amide bonds. The molecule has 1 aliphatic rings. The maximum absolute atomic E-state index is 12.1. The number of thioether (sulfide) groups is 1. The average Bonchev–Trinajstić information content (AvgIpc) is 3.00. The number of carbonyl (C=O) groups is 1. The number of rotatable bonds is 5. The zero-order valence-corrected chi connectivity index (χ0v) is 14.7. The Morgan fingerprint density at radius 3 is 2.74 bits per heavy atom. The summed E-state index contributed by atoms with van der Waals surface area (Å²) in [4.78, 5) is 13.3. The number of benzene rings is 2. The quantitative estimate of drug-likeness (QED) is 0.810. The Kier molecular flexibility index (Phi) is 6.75. The molecule has 3 N–H and O–H groups in total. The number of carbonyl (C=O) groups excluding carboxylic acids is 1. The Hall–Kier alpha value is -1.23. The first-order valence-electron chi connectivity index (χ1n) is 7.87. The molecule has 0 radical (unpaired) electrons. The molecular weight excluding hydrogens is 328 g/mol. The van der Waals surface area contributed by atoms with E-state index >= 15 is 0 Å². The van der Waals surface area contributed by atoms with E-state index in [0.29, 0.717) is 18.2 Å². The lowest BCUT2D eigenvalue weighted by atomic mass is 10.0. The Bertz CT molecular complexity index is 664. The first kappa shape index (κ1) is 18.1. The van der Waals surface area contributed by atoms with Crippen LogP contribution in [0.25, 0.3) is 10.8 Å². The minimum Gasteiger partial charge on any atom is -0.352 e. The van der Waals surface area contributed by atoms with Crippen molar-refractivity contribution in [3.05, 3.63) is 42.5 Å². The molecule has 0 saturated heterocycles. The summed E-state index contributed by atoms with van der Waals surface area (Å²) >= 11 is 1.59. The van der Waals surface area contributed by atoms with Crippen molar-refractivity contribution >= 4 is 40.8 Å². The van der Waals surface area contributed by atoms with Gasteiger partial charge in [-0.25, -0.2) is 0 Å². The minimum atomic E-state index is 0. The third-order valence-electron chi connectivity index (χ3n) is 4.40. The largest absolute Gasteiger partial charge is 0.352 e. The molecule has 2 aromatic rings. The van der Waals surface area contributed by atoms with Crippen molar-refractivity contribution in [3.8, 4) is 0 Å². The number of nitrogens with one attached hydrogen (secondary N) is 1. The van der Waals surface area contributed by atoms with E-state index < -0.39 is 0 Å². The lowest BCUT2D eigenvalue weighted by molar-refractivity contribution is -0.119. The monoisotopic (exact) mass is 350 g/mol. The molecule has 2 atom stereocenters. The standard InChI is InChI=1S/C18H22N2OS.ClH/c19-11-15-6-3-7-17(15)20-18(21)12-22-16-9-8-13-4-1-2-5-14(13)10-16;/h1-2,4-5,8-10,15,17H,3,6-7,11-12,19H2,(H,20,21);1H. The molecule has 0 aliphatic heterocycles. The van der Waals surface area contributed by atoms with Crippen LogP contribution in [0.1, 0.15) is 19.3 Å². The highest BCUT2D eigenvalue weighted by Crippen LogP contribution is 2.26. The van der Waals surface area contributed by atoms with Crippen molar-refractivity contribution < 1.29 is 4.79 Å². The Morgan fingerprint density at radius 1 is 1.17 bits per heavy atom. The van der Waals surface area contributed by atoms with Gasteiger partial charge in [0.2, 0.25) is 5.91 Å². The third-order valence-corrected chi connectivity index (χ3v) is 5.39. The van der Waals surface area contributed by atoms with Gasteiger partial charge in [-0.2, -0.15) is 0 Å². The molecular formula is C18H23ClN2OS. The molecule has 2 unspecified atom stereocenters. The van der Waals surface area contributed by atoms with Crippen LogP contribution in [0, 0.1) is 5.92 Å². The summed E-state index contributed by atoms with van der Waals surface area (Å²) in [5, 5.41) is 5.59. The van der Waals surface area contributed by atoms with Crippen LogP contribution in [0.2, 0.25) is 0 Å². The van der Waals surface area contributed by atoms with E-state index in [1.165, 1.54) is 17.2 Å². The minimum absolute atomic E-state index is 0. The Labute approximate surface area is 147 Å². The molecule has 1 saturated carbocycles. The summed E-state index contributed by atoms with van der Waals surface area (Å²) in [6.07, 6.45) is 3.37. The van der Waals surface area contributed by atoms with Gasteiger partial charge >= 0.3 is 0 Å². The molecule has 3 nitrogen and oxygen atoms in total. The van der Waals surface area contributed by atoms with Crippen molar-refractivity contribution in [3.63, 3.8) is 0 Å². The van der Waals surface area contributed by atoms with Gasteiger partial charge in [0.25, 0.3) is 0 Å². The molecule has 0 spiro atoms. The van der Waals surface area contributed by atoms with Gasteiger partial charge in [0, 0.05) is 10.9 Å². The van der Waals surface area contributed by atoms with Crippen LogP contribution in [0.5, 0.6) is 0 Å². The molecule has 0 heterocycles. The highest BCUT2D eigenvalue weighted by molar-refractivity contribution is 8.00. The van der Waals surface area contributed by atoms with Crippen LogP contribution in [-0.2, 0) is 4.79 Å². The molecule has 2 aromatic carbocycles. The van der Waals surface area contributed by atoms with Crippen molar-refractivity contribution in [1.29, 1.82) is 0 Å². The fourth-order valence-electron chi connectivity index (χ4n) is 3.16. The van der Waals surface area contributed by atoms with Gasteiger partial charge in [-0.1, -0.05) is 36.8 Å². The number of hydrogen-bond donors (Lipinski definition) is 2. The molecule has 0 aromatic heterocycles. The van der Waals surface area contributed by atoms with Crippen molar-refractivity contribution in [1.82, 2.24) is 5.32 Å². The Morgan fingerprint density at radius 2 is 1.96 bits per heavy atom. The van der Waals surface area contributed by atoms with Gasteiger partial charge in [0.05, 0.1) is 5.75 Å². The summed E-state index contributed by atoms with van der Waals surface area (Å²) in [6, 6.07) is 14.9. The van der Waals surface area contributed by atoms with E-state index in [1.807, 2.05) is 12.1 Å². The normalized spacial score (nSPS) is 20.2. The maximum Gasteiger partial charge on any atom is 0.230 e. The maximum atomic E-state index is 12.1. The summed E-state index contributed by atoms with van der Waals surface area (Å²) in [6.45, 7) is 0.669. The van der Waals surface area contributed by atoms with Crippen LogP contribution >= 0.6 is 24.2 Å². The van der Waals surface area contributed by atoms with E-state index in [-0.39, 0.29) is 24.4 Å². The predicted molar refractivity (Wildman–Crippen MR) is 100 cm³/mol. The summed E-state index contributed by atoms with van der Waals surface area (Å²) in [5.74, 6) is 1.03. The van der Waals surface area contributed by atoms with Crippen molar-refractivity contribution in [2.75, 3.05) is 12.3 Å². The second-order valence-corrected chi connectivity index (χ2v) is 6.95. The molecule has 23 heavy (non-hydrogen) atoms. The number of halogens is 1. The highest BCUT2D eigenvalue weighted by atomic mass is 35.5. The second-order valence-electron chi connectivity index (χ2n) is 5.90. The van der Waals surface area contributed by atoms with Crippen LogP contribution in [0.15, 0.2) is 47.4 Å². The first-order chi connectivity index (χ1) is 10.8. The topological polar surface area (TPSA) is 55.1 Å². The van der Waals surface area contributed by atoms with Crippen LogP contribution in [-0.4, -0.2) is 24.2 Å². The van der Waals surface area contributed by atoms with E-state index in [0.717, 1.165) is 17.7 Å². The highest BCUT2D eigenvalue weighted by Gasteiger charge is 2.27. The third kappa shape index (κ3) is 4.63. The van der Waals surface area contributed by atoms with Crippen molar-refractivity contribution in [2.24, 2.45) is 11.7 Å². The molecule has 0 bridgehead atoms. The van der Waals surface area contributed by atoms with Gasteiger partial charge in [-0.3, -0.25) is 4.79 Å². The number of nitrogens with two attached hydrogens (primary N) is 1. The fraction of sp³-hybridized carbons (Fsp3) is 0.389. The first-order valence-corrected chi connectivity index (χ1v) is 8.86. The number of amides is 1. The van der Waals surface area contributed by atoms with E-state index in [1.54, 1.807) is 11.8 Å². The lowest BCUT2D eigenvalue weighted by Crippen LogP contribution is -2.40. The number of hydrogen-bond acceptors (Lipinski definition) is 3. The smallest absolute Gasteiger partial charge is 0.230 e. The fourth-order valence-corrected chi connectivity index (χ4v) is 3.92. The average molecular weight is 351 g/mol. The van der Waals surface area contributed by atoms with Crippen molar-refractivity contribution in [2.45, 2.75) is 30.2 Å². The predicted octanol–water partition coefficient (Wildman–Crippen LogP) is 3.60. The SMILES string of the molecule is Cl.NCC1CCCC1NC(=O)CSc1ccc2ccccc2c1. The number of fused-ring (bicyclic) bond motifs is 1. The van der Waals surface area contributed by atoms with E-state index in [9.17, 15) is 4.79 Å². The van der Waals surface area contributed by atoms with Crippen LogP contribution < -0.4 is 11.1 Å². The van der Waals surface area contributed by atoms with Gasteiger partial charge < -0.3 is 11.1 Å². The molecule has 124 valence electrons. The summed E-state index contributed by atoms with van der Waals surface area (Å²) in [5.41, 5.74) is 5.76. The zero-order chi connectivity index (χ0) is 15.4. The second kappa shape index (κ2) is 8.57. The van der Waals surface area contributed by atoms with Gasteiger partial charge in [0.1, 0.15) is 0 Å². The van der Waals surface area contributed by atoms with Gasteiger partial charge in [-0.05, 0) is 48.2 Å². The van der Waals surface area contributed by atoms with Gasteiger partial charge in [0.15, 0.2) is 0 Å². The van der Waals surface area contributed by atoms with Gasteiger partial charge in [-0.15, -0.1) is 24.2 Å². The molecule has 1 fully saturated rings. The molecule has 3 rings (SSSR count). The van der Waals surface area contributed by atoms with E-state index in [2.05, 4.69) is 35.6 Å². The van der Waals surface area contributed by atoms with Crippen LogP contribution in [0.4, 0.5) is 0 Å². The summed E-state index contributed by atoms with van der Waals surface area (Å²) < 4.78 is 0. The summed E-state index contributed by atoms with van der Waals surface area (Å²) in [7, 11) is 0. The van der Waals surface area contributed by atoms with Crippen LogP contribution in [0.3, 0.4) is 0 Å².